The third-order valence-corrected chi connectivity index (χ3v) is 3.36. The molecule has 1 unspecified atom stereocenters. The zero-order chi connectivity index (χ0) is 12.4. The maximum atomic E-state index is 11.1. The second kappa shape index (κ2) is 4.83. The molecule has 1 aliphatic rings. The Morgan fingerprint density at radius 3 is 2.71 bits per heavy atom. The molecule has 1 heterocycles. The van der Waals surface area contributed by atoms with E-state index in [1.165, 1.54) is 0 Å². The van der Waals surface area contributed by atoms with E-state index < -0.39 is 5.97 Å². The molecular weight excluding hydrogens is 222 g/mol. The fourth-order valence-corrected chi connectivity index (χ4v) is 2.44. The lowest BCUT2D eigenvalue weighted by Gasteiger charge is -2.16. The van der Waals surface area contributed by atoms with Crippen LogP contribution in [0.3, 0.4) is 0 Å². The molecular formula is C11H17N3O3. The lowest BCUT2D eigenvalue weighted by Crippen LogP contribution is -2.17. The van der Waals surface area contributed by atoms with E-state index in [4.69, 9.17) is 10.2 Å². The van der Waals surface area contributed by atoms with Crippen LogP contribution in [0, 0.1) is 0 Å². The van der Waals surface area contributed by atoms with Gasteiger partial charge in [0.2, 0.25) is 0 Å². The largest absolute Gasteiger partial charge is 0.476 e. The third kappa shape index (κ3) is 2.17. The molecule has 0 aromatic carbocycles. The minimum atomic E-state index is -1.04. The van der Waals surface area contributed by atoms with Crippen LogP contribution in [0.2, 0.25) is 0 Å². The molecule has 1 aromatic heterocycles. The normalized spacial score (nSPS) is 18.5. The van der Waals surface area contributed by atoms with Crippen LogP contribution in [0.4, 0.5) is 0 Å². The standard InChI is InChI=1S/C11H17N3O3/c1-7(6-15)14-10(8-4-2-3-5-8)9(11(16)17)12-13-14/h7-8,15H,2-6H2,1H3,(H,16,17). The summed E-state index contributed by atoms with van der Waals surface area (Å²) in [6, 6.07) is -0.230. The van der Waals surface area contributed by atoms with Crippen molar-refractivity contribution in [2.45, 2.75) is 44.6 Å². The predicted molar refractivity (Wildman–Crippen MR) is 60.0 cm³/mol. The molecule has 0 bridgehead atoms. The molecule has 1 saturated carbocycles. The minimum Gasteiger partial charge on any atom is -0.476 e. The van der Waals surface area contributed by atoms with E-state index >= 15 is 0 Å². The molecule has 0 spiro atoms. The molecule has 0 radical (unpaired) electrons. The van der Waals surface area contributed by atoms with E-state index in [-0.39, 0.29) is 24.3 Å². The summed E-state index contributed by atoms with van der Waals surface area (Å²) in [5, 5.41) is 25.9. The number of carboxylic acid groups (broad SMARTS) is 1. The number of hydrogen-bond donors (Lipinski definition) is 2. The van der Waals surface area contributed by atoms with Crippen LogP contribution in [0.25, 0.3) is 0 Å². The number of hydrogen-bond acceptors (Lipinski definition) is 4. The topological polar surface area (TPSA) is 88.2 Å². The van der Waals surface area contributed by atoms with Crippen molar-refractivity contribution in [1.82, 2.24) is 15.0 Å². The number of nitrogens with zero attached hydrogens (tertiary/aromatic N) is 3. The van der Waals surface area contributed by atoms with Gasteiger partial charge in [0.1, 0.15) is 0 Å². The van der Waals surface area contributed by atoms with Gasteiger partial charge in [-0.25, -0.2) is 9.48 Å². The highest BCUT2D eigenvalue weighted by Crippen LogP contribution is 2.36. The van der Waals surface area contributed by atoms with Crippen LogP contribution in [0.5, 0.6) is 0 Å². The molecule has 2 N–H and O–H groups in total. The van der Waals surface area contributed by atoms with Crippen LogP contribution in [-0.2, 0) is 0 Å². The summed E-state index contributed by atoms with van der Waals surface area (Å²) in [6.45, 7) is 1.74. The van der Waals surface area contributed by atoms with Gasteiger partial charge < -0.3 is 10.2 Å². The van der Waals surface area contributed by atoms with Gasteiger partial charge in [-0.15, -0.1) is 5.10 Å². The highest BCUT2D eigenvalue weighted by Gasteiger charge is 2.29. The zero-order valence-corrected chi connectivity index (χ0v) is 9.83. The summed E-state index contributed by atoms with van der Waals surface area (Å²) < 4.78 is 1.57. The summed E-state index contributed by atoms with van der Waals surface area (Å²) in [5.41, 5.74) is 0.716. The van der Waals surface area contributed by atoms with E-state index in [0.717, 1.165) is 25.7 Å². The van der Waals surface area contributed by atoms with Gasteiger partial charge in [-0.05, 0) is 19.8 Å². The average Bonchev–Trinajstić information content (AvgIpc) is 2.95. The Hall–Kier alpha value is -1.43. The average molecular weight is 239 g/mol. The van der Waals surface area contributed by atoms with Gasteiger partial charge in [-0.3, -0.25) is 0 Å². The Bertz CT molecular complexity index is 410. The fraction of sp³-hybridized carbons (Fsp3) is 0.727. The van der Waals surface area contributed by atoms with Crippen molar-refractivity contribution < 1.29 is 15.0 Å². The van der Waals surface area contributed by atoms with Gasteiger partial charge in [0.15, 0.2) is 5.69 Å². The molecule has 6 nitrogen and oxygen atoms in total. The minimum absolute atomic E-state index is 0.0391. The molecule has 2 rings (SSSR count). The van der Waals surface area contributed by atoms with Crippen molar-refractivity contribution >= 4 is 5.97 Å². The van der Waals surface area contributed by atoms with E-state index in [0.29, 0.717) is 5.69 Å². The molecule has 17 heavy (non-hydrogen) atoms. The molecule has 1 aliphatic carbocycles. The molecule has 94 valence electrons. The molecule has 0 saturated heterocycles. The number of carbonyl (C=O) groups is 1. The first-order valence-corrected chi connectivity index (χ1v) is 5.94. The Labute approximate surface area is 99.3 Å². The summed E-state index contributed by atoms with van der Waals surface area (Å²) >= 11 is 0. The Kier molecular flexibility index (Phi) is 3.42. The Balaban J connectivity index is 2.42. The molecule has 6 heteroatoms. The molecule has 1 aromatic rings. The third-order valence-electron chi connectivity index (χ3n) is 3.36. The highest BCUT2D eigenvalue weighted by molar-refractivity contribution is 5.86. The first-order chi connectivity index (χ1) is 8.15. The Morgan fingerprint density at radius 1 is 1.53 bits per heavy atom. The van der Waals surface area contributed by atoms with Crippen molar-refractivity contribution in [3.8, 4) is 0 Å². The zero-order valence-electron chi connectivity index (χ0n) is 9.83. The van der Waals surface area contributed by atoms with Gasteiger partial charge in [0.05, 0.1) is 18.3 Å². The SMILES string of the molecule is CC(CO)n1nnc(C(=O)O)c1C1CCCC1. The number of aliphatic hydroxyl groups excluding tert-OH is 1. The lowest BCUT2D eigenvalue weighted by molar-refractivity contribution is 0.0688. The van der Waals surface area contributed by atoms with Gasteiger partial charge >= 0.3 is 5.97 Å². The van der Waals surface area contributed by atoms with Gasteiger partial charge in [0, 0.05) is 5.92 Å². The second-order valence-corrected chi connectivity index (χ2v) is 4.59. The first-order valence-electron chi connectivity index (χ1n) is 5.94. The number of rotatable bonds is 4. The molecule has 0 aliphatic heterocycles. The van der Waals surface area contributed by atoms with Crippen molar-refractivity contribution in [3.63, 3.8) is 0 Å². The molecule has 1 fully saturated rings. The van der Waals surface area contributed by atoms with Crippen molar-refractivity contribution in [2.75, 3.05) is 6.61 Å². The number of aliphatic hydroxyl groups is 1. The van der Waals surface area contributed by atoms with Crippen molar-refractivity contribution in [2.24, 2.45) is 0 Å². The van der Waals surface area contributed by atoms with Crippen LogP contribution in [-0.4, -0.2) is 37.8 Å². The predicted octanol–water partition coefficient (Wildman–Crippen LogP) is 1.19. The van der Waals surface area contributed by atoms with Crippen molar-refractivity contribution in [3.05, 3.63) is 11.4 Å². The fourth-order valence-electron chi connectivity index (χ4n) is 2.44. The van der Waals surface area contributed by atoms with E-state index in [1.807, 2.05) is 0 Å². The summed E-state index contributed by atoms with van der Waals surface area (Å²) in [4.78, 5) is 11.1. The lowest BCUT2D eigenvalue weighted by atomic mass is 10.0. The number of aromatic nitrogens is 3. The second-order valence-electron chi connectivity index (χ2n) is 4.59. The van der Waals surface area contributed by atoms with Crippen molar-refractivity contribution in [1.29, 1.82) is 0 Å². The number of carboxylic acids is 1. The number of aromatic carboxylic acids is 1. The summed E-state index contributed by atoms with van der Waals surface area (Å²) in [5.74, 6) is -0.826. The van der Waals surface area contributed by atoms with E-state index in [1.54, 1.807) is 11.6 Å². The smallest absolute Gasteiger partial charge is 0.358 e. The Morgan fingerprint density at radius 2 is 2.18 bits per heavy atom. The van der Waals surface area contributed by atoms with Crippen LogP contribution in [0.15, 0.2) is 0 Å². The summed E-state index contributed by atoms with van der Waals surface area (Å²) in [7, 11) is 0. The van der Waals surface area contributed by atoms with Crippen LogP contribution in [0.1, 0.15) is 60.7 Å². The molecule has 0 amide bonds. The van der Waals surface area contributed by atoms with E-state index in [2.05, 4.69) is 10.3 Å². The monoisotopic (exact) mass is 239 g/mol. The maximum absolute atomic E-state index is 11.1. The van der Waals surface area contributed by atoms with Gasteiger partial charge in [0.25, 0.3) is 0 Å². The quantitative estimate of drug-likeness (QED) is 0.823. The van der Waals surface area contributed by atoms with Crippen LogP contribution >= 0.6 is 0 Å². The first kappa shape index (κ1) is 12.0. The van der Waals surface area contributed by atoms with E-state index in [9.17, 15) is 4.79 Å². The highest BCUT2D eigenvalue weighted by atomic mass is 16.4. The van der Waals surface area contributed by atoms with Crippen LogP contribution < -0.4 is 0 Å². The van der Waals surface area contributed by atoms with Gasteiger partial charge in [-0.1, -0.05) is 18.1 Å². The maximum Gasteiger partial charge on any atom is 0.358 e. The van der Waals surface area contributed by atoms with Gasteiger partial charge in [-0.2, -0.15) is 0 Å². The molecule has 1 atom stereocenters. The summed E-state index contributed by atoms with van der Waals surface area (Å²) in [6.07, 6.45) is 4.18.